The van der Waals surface area contributed by atoms with Crippen LogP contribution in [0.15, 0.2) is 46.8 Å². The highest BCUT2D eigenvalue weighted by Crippen LogP contribution is 2.24. The van der Waals surface area contributed by atoms with Gasteiger partial charge in [-0.25, -0.2) is 4.99 Å². The normalized spacial score (nSPS) is 15.1. The van der Waals surface area contributed by atoms with Crippen molar-refractivity contribution in [2.24, 2.45) is 4.99 Å². The number of nitrogens with zero attached hydrogens (tertiary/aromatic N) is 2. The molecule has 2 aromatic rings. The number of aliphatic imine (C=N–C) groups is 1. The molecule has 0 atom stereocenters. The third-order valence-electron chi connectivity index (χ3n) is 5.14. The quantitative estimate of drug-likeness (QED) is 0.445. The van der Waals surface area contributed by atoms with Crippen LogP contribution in [0, 0.1) is 0 Å². The van der Waals surface area contributed by atoms with Crippen LogP contribution >= 0.6 is 11.3 Å². The molecule has 7 heteroatoms. The Morgan fingerprint density at radius 3 is 2.70 bits per heavy atom. The van der Waals surface area contributed by atoms with Crippen LogP contribution in [0.3, 0.4) is 0 Å². The zero-order valence-electron chi connectivity index (χ0n) is 18.0. The molecule has 1 aliphatic rings. The number of hydrogen-bond acceptors (Lipinski definition) is 4. The molecule has 1 amide bonds. The van der Waals surface area contributed by atoms with Gasteiger partial charge in [0.05, 0.1) is 11.5 Å². The zero-order chi connectivity index (χ0) is 21.2. The van der Waals surface area contributed by atoms with Gasteiger partial charge < -0.3 is 20.9 Å². The maximum absolute atomic E-state index is 12.2. The SMILES string of the molecule is CCCNC(=O)c1cccc(CN=C(NCC)NC2CCN(c3cccs3)CC2)c1. The van der Waals surface area contributed by atoms with E-state index in [1.54, 1.807) is 11.3 Å². The monoisotopic (exact) mass is 427 g/mol. The highest BCUT2D eigenvalue weighted by molar-refractivity contribution is 7.14. The molecule has 2 heterocycles. The van der Waals surface area contributed by atoms with Crippen LogP contribution in [0.1, 0.15) is 49.0 Å². The maximum Gasteiger partial charge on any atom is 0.251 e. The Bertz CT molecular complexity index is 813. The molecule has 1 aliphatic heterocycles. The summed E-state index contributed by atoms with van der Waals surface area (Å²) in [6, 6.07) is 12.4. The molecule has 0 radical (unpaired) electrons. The van der Waals surface area contributed by atoms with Crippen LogP contribution in [-0.4, -0.2) is 44.1 Å². The van der Waals surface area contributed by atoms with Gasteiger partial charge in [0.15, 0.2) is 5.96 Å². The Morgan fingerprint density at radius 1 is 1.17 bits per heavy atom. The summed E-state index contributed by atoms with van der Waals surface area (Å²) in [6.07, 6.45) is 3.12. The molecular formula is C23H33N5OS. The van der Waals surface area contributed by atoms with Gasteiger partial charge >= 0.3 is 0 Å². The summed E-state index contributed by atoms with van der Waals surface area (Å²) in [5.41, 5.74) is 1.72. The highest BCUT2D eigenvalue weighted by atomic mass is 32.1. The van der Waals surface area contributed by atoms with Gasteiger partial charge in [0.1, 0.15) is 0 Å². The van der Waals surface area contributed by atoms with E-state index in [0.29, 0.717) is 24.7 Å². The fraction of sp³-hybridized carbons (Fsp3) is 0.478. The van der Waals surface area contributed by atoms with E-state index in [1.807, 2.05) is 31.2 Å². The lowest BCUT2D eigenvalue weighted by Crippen LogP contribution is -2.48. The second-order valence-corrected chi connectivity index (χ2v) is 8.43. The molecule has 0 unspecified atom stereocenters. The molecule has 0 spiro atoms. The third-order valence-corrected chi connectivity index (χ3v) is 6.07. The van der Waals surface area contributed by atoms with E-state index in [9.17, 15) is 4.79 Å². The summed E-state index contributed by atoms with van der Waals surface area (Å²) in [5.74, 6) is 0.818. The van der Waals surface area contributed by atoms with E-state index in [4.69, 9.17) is 4.99 Å². The Hall–Kier alpha value is -2.54. The number of carbonyl (C=O) groups excluding carboxylic acids is 1. The number of amides is 1. The van der Waals surface area contributed by atoms with E-state index >= 15 is 0 Å². The van der Waals surface area contributed by atoms with Gasteiger partial charge in [-0.15, -0.1) is 11.3 Å². The van der Waals surface area contributed by atoms with Crippen molar-refractivity contribution in [2.45, 2.75) is 45.7 Å². The van der Waals surface area contributed by atoms with Crippen molar-refractivity contribution in [3.8, 4) is 0 Å². The molecule has 1 aromatic heterocycles. The highest BCUT2D eigenvalue weighted by Gasteiger charge is 2.20. The number of anilines is 1. The number of thiophene rings is 1. The molecular weight excluding hydrogens is 394 g/mol. The summed E-state index contributed by atoms with van der Waals surface area (Å²) in [7, 11) is 0. The van der Waals surface area contributed by atoms with Crippen molar-refractivity contribution in [1.82, 2.24) is 16.0 Å². The van der Waals surface area contributed by atoms with Crippen LogP contribution < -0.4 is 20.9 Å². The number of hydrogen-bond donors (Lipinski definition) is 3. The smallest absolute Gasteiger partial charge is 0.251 e. The van der Waals surface area contributed by atoms with Crippen molar-refractivity contribution in [1.29, 1.82) is 0 Å². The number of guanidine groups is 1. The average molecular weight is 428 g/mol. The van der Waals surface area contributed by atoms with Crippen LogP contribution in [0.4, 0.5) is 5.00 Å². The summed E-state index contributed by atoms with van der Waals surface area (Å²) >= 11 is 1.81. The van der Waals surface area contributed by atoms with Gasteiger partial charge in [0, 0.05) is 37.8 Å². The van der Waals surface area contributed by atoms with Crippen molar-refractivity contribution < 1.29 is 4.79 Å². The summed E-state index contributed by atoms with van der Waals surface area (Å²) in [5, 5.41) is 13.4. The second-order valence-electron chi connectivity index (χ2n) is 7.51. The fourth-order valence-corrected chi connectivity index (χ4v) is 4.31. The summed E-state index contributed by atoms with van der Waals surface area (Å²) in [6.45, 7) is 8.31. The lowest BCUT2D eigenvalue weighted by molar-refractivity contribution is 0.0953. The largest absolute Gasteiger partial charge is 0.363 e. The van der Waals surface area contributed by atoms with Crippen LogP contribution in [0.2, 0.25) is 0 Å². The molecule has 1 saturated heterocycles. The molecule has 0 aliphatic carbocycles. The Morgan fingerprint density at radius 2 is 2.00 bits per heavy atom. The first kappa shape index (κ1) is 22.2. The fourth-order valence-electron chi connectivity index (χ4n) is 3.53. The molecule has 3 N–H and O–H groups in total. The molecule has 162 valence electrons. The summed E-state index contributed by atoms with van der Waals surface area (Å²) in [4.78, 5) is 19.4. The number of benzene rings is 1. The molecule has 0 bridgehead atoms. The number of carbonyl (C=O) groups is 1. The first-order valence-electron chi connectivity index (χ1n) is 10.9. The molecule has 6 nitrogen and oxygen atoms in total. The minimum Gasteiger partial charge on any atom is -0.363 e. The van der Waals surface area contributed by atoms with Crippen molar-refractivity contribution in [3.05, 3.63) is 52.9 Å². The molecule has 30 heavy (non-hydrogen) atoms. The number of rotatable bonds is 8. The summed E-state index contributed by atoms with van der Waals surface area (Å²) < 4.78 is 0. The minimum absolute atomic E-state index is 0.0230. The van der Waals surface area contributed by atoms with Gasteiger partial charge in [-0.05, 0) is 61.4 Å². The topological polar surface area (TPSA) is 68.8 Å². The van der Waals surface area contributed by atoms with E-state index in [-0.39, 0.29) is 5.91 Å². The van der Waals surface area contributed by atoms with Crippen molar-refractivity contribution in [2.75, 3.05) is 31.1 Å². The Kier molecular flexibility index (Phi) is 8.56. The van der Waals surface area contributed by atoms with Crippen LogP contribution in [0.5, 0.6) is 0 Å². The van der Waals surface area contributed by atoms with Crippen molar-refractivity contribution >= 4 is 28.2 Å². The maximum atomic E-state index is 12.2. The van der Waals surface area contributed by atoms with E-state index in [1.165, 1.54) is 5.00 Å². The van der Waals surface area contributed by atoms with E-state index in [0.717, 1.165) is 50.4 Å². The standard InChI is InChI=1S/C23H33N5OS/c1-3-12-25-22(29)19-8-5-7-18(16-19)17-26-23(24-4-2)27-20-10-13-28(14-11-20)21-9-6-15-30-21/h5-9,15-16,20H,3-4,10-14,17H2,1-2H3,(H,25,29)(H2,24,26,27). The number of piperidine rings is 1. The lowest BCUT2D eigenvalue weighted by Gasteiger charge is -2.33. The van der Waals surface area contributed by atoms with Gasteiger partial charge in [0.2, 0.25) is 0 Å². The molecule has 3 rings (SSSR count). The number of nitrogens with one attached hydrogen (secondary N) is 3. The van der Waals surface area contributed by atoms with E-state index < -0.39 is 0 Å². The van der Waals surface area contributed by atoms with Gasteiger partial charge in [-0.1, -0.05) is 19.1 Å². The average Bonchev–Trinajstić information content (AvgIpc) is 3.31. The van der Waals surface area contributed by atoms with Crippen molar-refractivity contribution in [3.63, 3.8) is 0 Å². The lowest BCUT2D eigenvalue weighted by atomic mass is 10.1. The predicted octanol–water partition coefficient (Wildman–Crippen LogP) is 3.61. The third kappa shape index (κ3) is 6.49. The van der Waals surface area contributed by atoms with Gasteiger partial charge in [0.25, 0.3) is 5.91 Å². The van der Waals surface area contributed by atoms with Crippen LogP contribution in [-0.2, 0) is 6.54 Å². The van der Waals surface area contributed by atoms with E-state index in [2.05, 4.69) is 45.3 Å². The molecule has 1 fully saturated rings. The Labute approximate surface area is 183 Å². The zero-order valence-corrected chi connectivity index (χ0v) is 18.8. The predicted molar refractivity (Wildman–Crippen MR) is 127 cm³/mol. The van der Waals surface area contributed by atoms with Crippen LogP contribution in [0.25, 0.3) is 0 Å². The van der Waals surface area contributed by atoms with Gasteiger partial charge in [-0.3, -0.25) is 4.79 Å². The van der Waals surface area contributed by atoms with Gasteiger partial charge in [-0.2, -0.15) is 0 Å². The Balaban J connectivity index is 1.55. The first-order chi connectivity index (χ1) is 14.7. The first-order valence-corrected chi connectivity index (χ1v) is 11.8. The second kappa shape index (κ2) is 11.6. The minimum atomic E-state index is -0.0230. The molecule has 1 aromatic carbocycles. The molecule has 0 saturated carbocycles.